The highest BCUT2D eigenvalue weighted by Crippen LogP contribution is 2.16. The van der Waals surface area contributed by atoms with Gasteiger partial charge in [0.15, 0.2) is 0 Å². The van der Waals surface area contributed by atoms with Crippen molar-refractivity contribution in [1.82, 2.24) is 10.2 Å². The summed E-state index contributed by atoms with van der Waals surface area (Å²) < 4.78 is 0. The topological polar surface area (TPSA) is 15.3 Å². The molecule has 1 aliphatic rings. The maximum atomic E-state index is 3.90. The van der Waals surface area contributed by atoms with Gasteiger partial charge >= 0.3 is 0 Å². The van der Waals surface area contributed by atoms with Crippen molar-refractivity contribution in [2.45, 2.75) is 45.7 Å². The monoisotopic (exact) mass is 210 g/mol. The van der Waals surface area contributed by atoms with E-state index in [2.05, 4.69) is 43.6 Å². The third-order valence-electron chi connectivity index (χ3n) is 3.40. The van der Waals surface area contributed by atoms with Crippen molar-refractivity contribution in [2.75, 3.05) is 19.6 Å². The van der Waals surface area contributed by atoms with Crippen molar-refractivity contribution in [1.29, 1.82) is 0 Å². The van der Waals surface area contributed by atoms with Gasteiger partial charge < -0.3 is 5.32 Å². The number of piperidine rings is 1. The van der Waals surface area contributed by atoms with E-state index in [1.165, 1.54) is 32.5 Å². The second-order valence-corrected chi connectivity index (χ2v) is 4.98. The number of hydrogen-bond acceptors (Lipinski definition) is 2. The van der Waals surface area contributed by atoms with Crippen molar-refractivity contribution >= 4 is 0 Å². The van der Waals surface area contributed by atoms with Crippen LogP contribution in [0.3, 0.4) is 0 Å². The van der Waals surface area contributed by atoms with Crippen LogP contribution in [0.25, 0.3) is 0 Å². The Hall–Kier alpha value is -0.340. The van der Waals surface area contributed by atoms with Crippen LogP contribution < -0.4 is 5.32 Å². The summed E-state index contributed by atoms with van der Waals surface area (Å²) in [6, 6.07) is 1.10. The summed E-state index contributed by atoms with van der Waals surface area (Å²) in [4.78, 5) is 2.55. The molecule has 0 bridgehead atoms. The van der Waals surface area contributed by atoms with Gasteiger partial charge in [-0.25, -0.2) is 0 Å². The van der Waals surface area contributed by atoms with E-state index in [1.54, 1.807) is 0 Å². The maximum Gasteiger partial charge on any atom is 0.0250 e. The molecule has 1 aliphatic heterocycles. The SMILES string of the molecule is C=CC(C)N(CC1CCCNC1)C(C)C. The van der Waals surface area contributed by atoms with Crippen molar-refractivity contribution in [3.8, 4) is 0 Å². The lowest BCUT2D eigenvalue weighted by Crippen LogP contribution is -2.44. The van der Waals surface area contributed by atoms with Crippen molar-refractivity contribution in [3.63, 3.8) is 0 Å². The highest BCUT2D eigenvalue weighted by molar-refractivity contribution is 4.87. The third kappa shape index (κ3) is 3.96. The Bertz CT molecular complexity index is 183. The van der Waals surface area contributed by atoms with Crippen molar-refractivity contribution < 1.29 is 0 Å². The Kier molecular flexibility index (Phi) is 5.34. The summed E-state index contributed by atoms with van der Waals surface area (Å²) in [6.07, 6.45) is 4.76. The average molecular weight is 210 g/mol. The zero-order valence-corrected chi connectivity index (χ0v) is 10.5. The van der Waals surface area contributed by atoms with Gasteiger partial charge in [0.25, 0.3) is 0 Å². The minimum Gasteiger partial charge on any atom is -0.316 e. The normalized spacial score (nSPS) is 24.5. The van der Waals surface area contributed by atoms with Crippen molar-refractivity contribution in [2.24, 2.45) is 5.92 Å². The highest BCUT2D eigenvalue weighted by atomic mass is 15.2. The van der Waals surface area contributed by atoms with Gasteiger partial charge in [-0.3, -0.25) is 4.90 Å². The Morgan fingerprint density at radius 3 is 2.67 bits per heavy atom. The summed E-state index contributed by atoms with van der Waals surface area (Å²) in [5, 5.41) is 3.48. The van der Waals surface area contributed by atoms with Crippen LogP contribution in [0.1, 0.15) is 33.6 Å². The van der Waals surface area contributed by atoms with E-state index in [0.29, 0.717) is 12.1 Å². The summed E-state index contributed by atoms with van der Waals surface area (Å²) in [5.41, 5.74) is 0. The molecule has 0 saturated carbocycles. The van der Waals surface area contributed by atoms with E-state index >= 15 is 0 Å². The molecule has 1 fully saturated rings. The second kappa shape index (κ2) is 6.29. The van der Waals surface area contributed by atoms with E-state index in [-0.39, 0.29) is 0 Å². The molecule has 2 unspecified atom stereocenters. The first-order valence-corrected chi connectivity index (χ1v) is 6.24. The van der Waals surface area contributed by atoms with E-state index < -0.39 is 0 Å². The predicted octanol–water partition coefficient (Wildman–Crippen LogP) is 2.27. The molecule has 0 aliphatic carbocycles. The van der Waals surface area contributed by atoms with E-state index in [9.17, 15) is 0 Å². The fourth-order valence-corrected chi connectivity index (χ4v) is 2.36. The van der Waals surface area contributed by atoms with Gasteiger partial charge in [-0.15, -0.1) is 6.58 Å². The Labute approximate surface area is 94.7 Å². The molecule has 0 aromatic heterocycles. The standard InChI is InChI=1S/C13H26N2/c1-5-12(4)15(11(2)3)10-13-7-6-8-14-9-13/h5,11-14H,1,6-10H2,2-4H3. The first-order chi connectivity index (χ1) is 7.15. The maximum absolute atomic E-state index is 3.90. The fraction of sp³-hybridized carbons (Fsp3) is 0.846. The molecular formula is C13H26N2. The number of hydrogen-bond donors (Lipinski definition) is 1. The minimum atomic E-state index is 0.493. The molecule has 2 heteroatoms. The first kappa shape index (κ1) is 12.7. The van der Waals surface area contributed by atoms with Gasteiger partial charge in [-0.1, -0.05) is 6.08 Å². The highest BCUT2D eigenvalue weighted by Gasteiger charge is 2.21. The lowest BCUT2D eigenvalue weighted by atomic mass is 9.98. The lowest BCUT2D eigenvalue weighted by Gasteiger charge is -2.35. The van der Waals surface area contributed by atoms with Crippen LogP contribution in [-0.4, -0.2) is 36.6 Å². The summed E-state index contributed by atoms with van der Waals surface area (Å²) in [5.74, 6) is 0.823. The van der Waals surface area contributed by atoms with Crippen LogP contribution in [0.2, 0.25) is 0 Å². The number of nitrogens with zero attached hydrogens (tertiary/aromatic N) is 1. The van der Waals surface area contributed by atoms with Crippen LogP contribution in [0.5, 0.6) is 0 Å². The Morgan fingerprint density at radius 1 is 1.47 bits per heavy atom. The molecule has 88 valence electrons. The zero-order chi connectivity index (χ0) is 11.3. The molecule has 0 radical (unpaired) electrons. The largest absolute Gasteiger partial charge is 0.316 e. The molecule has 0 spiro atoms. The molecule has 0 amide bonds. The fourth-order valence-electron chi connectivity index (χ4n) is 2.36. The second-order valence-electron chi connectivity index (χ2n) is 4.98. The van der Waals surface area contributed by atoms with E-state index in [4.69, 9.17) is 0 Å². The first-order valence-electron chi connectivity index (χ1n) is 6.24. The van der Waals surface area contributed by atoms with E-state index in [1.807, 2.05) is 0 Å². The Morgan fingerprint density at radius 2 is 2.20 bits per heavy atom. The molecule has 0 aromatic rings. The summed E-state index contributed by atoms with van der Waals surface area (Å²) in [7, 11) is 0. The average Bonchev–Trinajstić information content (AvgIpc) is 2.26. The molecule has 1 heterocycles. The molecule has 1 saturated heterocycles. The van der Waals surface area contributed by atoms with Gasteiger partial charge in [0.2, 0.25) is 0 Å². The van der Waals surface area contributed by atoms with Gasteiger partial charge in [-0.05, 0) is 52.6 Å². The molecule has 2 nitrogen and oxygen atoms in total. The smallest absolute Gasteiger partial charge is 0.0250 e. The zero-order valence-electron chi connectivity index (χ0n) is 10.5. The molecule has 2 atom stereocenters. The minimum absolute atomic E-state index is 0.493. The van der Waals surface area contributed by atoms with E-state index in [0.717, 1.165) is 5.92 Å². The van der Waals surface area contributed by atoms with Crippen LogP contribution in [0, 0.1) is 5.92 Å². The van der Waals surface area contributed by atoms with Crippen LogP contribution >= 0.6 is 0 Å². The van der Waals surface area contributed by atoms with Crippen LogP contribution in [0.4, 0.5) is 0 Å². The molecule has 1 N–H and O–H groups in total. The van der Waals surface area contributed by atoms with Gasteiger partial charge in [0.1, 0.15) is 0 Å². The third-order valence-corrected chi connectivity index (χ3v) is 3.40. The van der Waals surface area contributed by atoms with Gasteiger partial charge in [-0.2, -0.15) is 0 Å². The molecule has 1 rings (SSSR count). The summed E-state index contributed by atoms with van der Waals surface area (Å²) in [6.45, 7) is 14.3. The molecule has 15 heavy (non-hydrogen) atoms. The van der Waals surface area contributed by atoms with Crippen LogP contribution in [0.15, 0.2) is 12.7 Å². The lowest BCUT2D eigenvalue weighted by molar-refractivity contribution is 0.148. The van der Waals surface area contributed by atoms with Gasteiger partial charge in [0, 0.05) is 18.6 Å². The Balaban J connectivity index is 2.45. The molecule has 0 aromatic carbocycles. The number of rotatable bonds is 5. The van der Waals surface area contributed by atoms with Crippen LogP contribution in [-0.2, 0) is 0 Å². The quantitative estimate of drug-likeness (QED) is 0.700. The molecular weight excluding hydrogens is 184 g/mol. The van der Waals surface area contributed by atoms with Gasteiger partial charge in [0.05, 0.1) is 0 Å². The number of nitrogens with one attached hydrogen (secondary N) is 1. The predicted molar refractivity (Wildman–Crippen MR) is 67.1 cm³/mol. The van der Waals surface area contributed by atoms with Crippen molar-refractivity contribution in [3.05, 3.63) is 12.7 Å². The summed E-state index contributed by atoms with van der Waals surface area (Å²) >= 11 is 0.